The molecule has 0 N–H and O–H groups in total. The maximum absolute atomic E-state index is 13.0. The number of esters is 1. The van der Waals surface area contributed by atoms with Crippen LogP contribution in [0.5, 0.6) is 0 Å². The van der Waals surface area contributed by atoms with Crippen molar-refractivity contribution in [3.05, 3.63) is 71.4 Å². The van der Waals surface area contributed by atoms with Crippen molar-refractivity contribution in [1.29, 1.82) is 0 Å². The van der Waals surface area contributed by atoms with Crippen LogP contribution >= 0.6 is 11.6 Å². The lowest BCUT2D eigenvalue weighted by Crippen LogP contribution is -2.00. The molecule has 3 rings (SSSR count). The van der Waals surface area contributed by atoms with Gasteiger partial charge in [0.2, 0.25) is 5.82 Å². The second kappa shape index (κ2) is 7.27. The van der Waals surface area contributed by atoms with E-state index in [1.54, 1.807) is 42.5 Å². The maximum atomic E-state index is 13.0. The van der Waals surface area contributed by atoms with Crippen LogP contribution in [-0.4, -0.2) is 23.2 Å². The molecule has 0 atom stereocenters. The van der Waals surface area contributed by atoms with Crippen LogP contribution in [0.2, 0.25) is 0 Å². The fraction of sp³-hybridized carbons (Fsp3) is 0.0556. The Hall–Kier alpha value is -2.99. The summed E-state index contributed by atoms with van der Waals surface area (Å²) in [6, 6.07) is 12.4. The summed E-state index contributed by atoms with van der Waals surface area (Å²) in [6.45, 7) is 0. The summed E-state index contributed by atoms with van der Waals surface area (Å²) >= 11 is 6.21. The summed E-state index contributed by atoms with van der Waals surface area (Å²) in [7, 11) is 1.32. The molecule has 0 amide bonds. The van der Waals surface area contributed by atoms with Crippen molar-refractivity contribution in [2.75, 3.05) is 7.11 Å². The number of benzene rings is 2. The highest BCUT2D eigenvalue weighted by molar-refractivity contribution is 6.50. The molecule has 0 aliphatic heterocycles. The van der Waals surface area contributed by atoms with Gasteiger partial charge in [-0.2, -0.15) is 4.98 Å². The zero-order chi connectivity index (χ0) is 17.8. The van der Waals surface area contributed by atoms with Crippen molar-refractivity contribution < 1.29 is 18.4 Å². The van der Waals surface area contributed by atoms with E-state index in [4.69, 9.17) is 16.1 Å². The van der Waals surface area contributed by atoms with Crippen molar-refractivity contribution in [2.45, 2.75) is 0 Å². The highest BCUT2D eigenvalue weighted by Gasteiger charge is 2.12. The predicted octanol–water partition coefficient (Wildman–Crippen LogP) is 4.40. The van der Waals surface area contributed by atoms with Crippen LogP contribution in [0.3, 0.4) is 0 Å². The van der Waals surface area contributed by atoms with Gasteiger partial charge in [0.25, 0.3) is 5.89 Å². The second-order valence-electron chi connectivity index (χ2n) is 5.04. The molecule has 5 nitrogen and oxygen atoms in total. The molecule has 0 aliphatic rings. The van der Waals surface area contributed by atoms with Crippen molar-refractivity contribution in [3.63, 3.8) is 0 Å². The van der Waals surface area contributed by atoms with Gasteiger partial charge in [-0.15, -0.1) is 0 Å². The second-order valence-corrected chi connectivity index (χ2v) is 5.44. The quantitative estimate of drug-likeness (QED) is 0.647. The number of carbonyl (C=O) groups excluding carboxylic acids is 1. The van der Waals surface area contributed by atoms with Crippen molar-refractivity contribution in [1.82, 2.24) is 10.1 Å². The van der Waals surface area contributed by atoms with E-state index in [0.29, 0.717) is 17.0 Å². The van der Waals surface area contributed by atoms with E-state index in [1.807, 2.05) is 0 Å². The van der Waals surface area contributed by atoms with Crippen molar-refractivity contribution in [2.24, 2.45) is 0 Å². The topological polar surface area (TPSA) is 65.2 Å². The molecule has 0 spiro atoms. The van der Waals surface area contributed by atoms with Gasteiger partial charge in [0.05, 0.1) is 12.7 Å². The standard InChI is InChI=1S/C18H12ClFN2O3/c1-24-18(23)13-4-2-11(3-5-13)10-15(19)17-21-16(22-25-17)12-6-8-14(20)9-7-12/h2-10H,1H3/b15-10-. The number of nitrogens with zero attached hydrogens (tertiary/aromatic N) is 2. The lowest BCUT2D eigenvalue weighted by molar-refractivity contribution is 0.0600. The Bertz CT molecular complexity index is 918. The number of aromatic nitrogens is 2. The van der Waals surface area contributed by atoms with Gasteiger partial charge in [-0.25, -0.2) is 9.18 Å². The Kier molecular flexibility index (Phi) is 4.90. The molecule has 1 aromatic heterocycles. The highest BCUT2D eigenvalue weighted by Crippen LogP contribution is 2.24. The summed E-state index contributed by atoms with van der Waals surface area (Å²) in [6.07, 6.45) is 1.63. The Balaban J connectivity index is 1.81. The van der Waals surface area contributed by atoms with Crippen molar-refractivity contribution in [3.8, 4) is 11.4 Å². The molecule has 25 heavy (non-hydrogen) atoms. The number of rotatable bonds is 4. The third-order valence-corrected chi connectivity index (χ3v) is 3.63. The van der Waals surface area contributed by atoms with E-state index in [2.05, 4.69) is 14.9 Å². The molecular weight excluding hydrogens is 347 g/mol. The van der Waals surface area contributed by atoms with Gasteiger partial charge in [-0.3, -0.25) is 0 Å². The molecule has 0 bridgehead atoms. The van der Waals surface area contributed by atoms with Crippen LogP contribution in [0.25, 0.3) is 22.5 Å². The monoisotopic (exact) mass is 358 g/mol. The average molecular weight is 359 g/mol. The Morgan fingerprint density at radius 2 is 1.84 bits per heavy atom. The molecule has 2 aromatic carbocycles. The molecular formula is C18H12ClFN2O3. The van der Waals surface area contributed by atoms with Crippen molar-refractivity contribution >= 4 is 28.7 Å². The van der Waals surface area contributed by atoms with Crippen LogP contribution < -0.4 is 0 Å². The van der Waals surface area contributed by atoms with Crippen LogP contribution in [0.4, 0.5) is 4.39 Å². The smallest absolute Gasteiger partial charge is 0.337 e. The highest BCUT2D eigenvalue weighted by atomic mass is 35.5. The van der Waals surface area contributed by atoms with Gasteiger partial charge < -0.3 is 9.26 Å². The molecule has 0 unspecified atom stereocenters. The van der Waals surface area contributed by atoms with Crippen LogP contribution in [-0.2, 0) is 4.74 Å². The average Bonchev–Trinajstić information content (AvgIpc) is 3.12. The number of halogens is 2. The molecule has 126 valence electrons. The van der Waals surface area contributed by atoms with Gasteiger partial charge in [0.15, 0.2) is 0 Å². The van der Waals surface area contributed by atoms with Gasteiger partial charge in [0.1, 0.15) is 10.8 Å². The fourth-order valence-corrected chi connectivity index (χ4v) is 2.28. The molecule has 0 radical (unpaired) electrons. The third-order valence-electron chi connectivity index (χ3n) is 3.36. The normalized spacial score (nSPS) is 11.4. The SMILES string of the molecule is COC(=O)c1ccc(/C=C(\Cl)c2nc(-c3ccc(F)cc3)no2)cc1. The summed E-state index contributed by atoms with van der Waals surface area (Å²) in [5.41, 5.74) is 1.80. The number of hydrogen-bond acceptors (Lipinski definition) is 5. The van der Waals surface area contributed by atoms with E-state index in [-0.39, 0.29) is 16.7 Å². The molecule has 0 aliphatic carbocycles. The Morgan fingerprint density at radius 3 is 2.48 bits per heavy atom. The van der Waals surface area contributed by atoms with Gasteiger partial charge in [-0.1, -0.05) is 28.9 Å². The van der Waals surface area contributed by atoms with Crippen LogP contribution in [0, 0.1) is 5.82 Å². The van der Waals surface area contributed by atoms with E-state index in [1.165, 1.54) is 19.2 Å². The largest absolute Gasteiger partial charge is 0.465 e. The summed E-state index contributed by atoms with van der Waals surface area (Å²) < 4.78 is 22.7. The lowest BCUT2D eigenvalue weighted by Gasteiger charge is -1.99. The molecule has 7 heteroatoms. The fourth-order valence-electron chi connectivity index (χ4n) is 2.08. The third kappa shape index (κ3) is 3.92. The van der Waals surface area contributed by atoms with Crippen LogP contribution in [0.1, 0.15) is 21.8 Å². The minimum absolute atomic E-state index is 0.137. The number of methoxy groups -OCH3 is 1. The molecule has 0 saturated heterocycles. The molecule has 0 fully saturated rings. The number of ether oxygens (including phenoxy) is 1. The van der Waals surface area contributed by atoms with Crippen LogP contribution in [0.15, 0.2) is 53.1 Å². The minimum atomic E-state index is -0.414. The van der Waals surface area contributed by atoms with Gasteiger partial charge in [-0.05, 0) is 48.0 Å². The van der Waals surface area contributed by atoms with Gasteiger partial charge >= 0.3 is 5.97 Å². The predicted molar refractivity (Wildman–Crippen MR) is 91.2 cm³/mol. The first-order chi connectivity index (χ1) is 12.1. The molecule has 0 saturated carbocycles. The number of hydrogen-bond donors (Lipinski definition) is 0. The summed E-state index contributed by atoms with van der Waals surface area (Å²) in [5.74, 6) is -0.316. The Morgan fingerprint density at radius 1 is 1.16 bits per heavy atom. The van der Waals surface area contributed by atoms with E-state index < -0.39 is 5.97 Å². The van der Waals surface area contributed by atoms with E-state index >= 15 is 0 Å². The first-order valence-corrected chi connectivity index (χ1v) is 7.60. The summed E-state index contributed by atoms with van der Waals surface area (Å²) in [4.78, 5) is 15.6. The molecule has 1 heterocycles. The number of carbonyl (C=O) groups is 1. The van der Waals surface area contributed by atoms with E-state index in [9.17, 15) is 9.18 Å². The van der Waals surface area contributed by atoms with Gasteiger partial charge in [0, 0.05) is 5.56 Å². The zero-order valence-electron chi connectivity index (χ0n) is 13.1. The first-order valence-electron chi connectivity index (χ1n) is 7.22. The first kappa shape index (κ1) is 16.9. The maximum Gasteiger partial charge on any atom is 0.337 e. The lowest BCUT2D eigenvalue weighted by atomic mass is 10.1. The molecule has 3 aromatic rings. The minimum Gasteiger partial charge on any atom is -0.465 e. The summed E-state index contributed by atoms with van der Waals surface area (Å²) in [5, 5.41) is 4.07. The zero-order valence-corrected chi connectivity index (χ0v) is 13.8. The van der Waals surface area contributed by atoms with E-state index in [0.717, 1.165) is 5.56 Å². The Labute approximate surface area is 147 Å².